The van der Waals surface area contributed by atoms with Crippen LogP contribution in [-0.4, -0.2) is 52.3 Å². The third kappa shape index (κ3) is 3.04. The molecule has 1 atom stereocenters. The van der Waals surface area contributed by atoms with Gasteiger partial charge in [0.05, 0.1) is 13.2 Å². The molecule has 1 unspecified atom stereocenters. The quantitative estimate of drug-likeness (QED) is 0.738. The Morgan fingerprint density at radius 1 is 1.75 bits per heavy atom. The first-order chi connectivity index (χ1) is 7.56. The zero-order chi connectivity index (χ0) is 12.1. The molecule has 0 saturated carbocycles. The molecular weight excluding hydrogens is 210 g/mol. The predicted octanol–water partition coefficient (Wildman–Crippen LogP) is -0.0485. The number of carbonyl (C=O) groups is 1. The second-order valence-electron chi connectivity index (χ2n) is 3.68. The minimum Gasteiger partial charge on any atom is -0.480 e. The normalized spacial score (nSPS) is 13.0. The third-order valence-electron chi connectivity index (χ3n) is 2.45. The number of aryl methyl sites for hydroxylation is 1. The Hall–Kier alpha value is -1.40. The van der Waals surface area contributed by atoms with Crippen LogP contribution in [0.4, 0.5) is 0 Å². The van der Waals surface area contributed by atoms with Crippen LogP contribution >= 0.6 is 0 Å². The van der Waals surface area contributed by atoms with Gasteiger partial charge >= 0.3 is 5.97 Å². The monoisotopic (exact) mass is 227 g/mol. The number of aromatic nitrogens is 2. The van der Waals surface area contributed by atoms with E-state index in [-0.39, 0.29) is 6.61 Å². The van der Waals surface area contributed by atoms with Gasteiger partial charge in [0.25, 0.3) is 0 Å². The van der Waals surface area contributed by atoms with E-state index >= 15 is 0 Å². The summed E-state index contributed by atoms with van der Waals surface area (Å²) in [5.74, 6) is -0.0663. The summed E-state index contributed by atoms with van der Waals surface area (Å²) in [7, 11) is 5.11. The summed E-state index contributed by atoms with van der Waals surface area (Å²) in [4.78, 5) is 16.8. The number of methoxy groups -OCH3 is 1. The lowest BCUT2D eigenvalue weighted by Crippen LogP contribution is -2.41. The van der Waals surface area contributed by atoms with Crippen molar-refractivity contribution in [2.45, 2.75) is 12.6 Å². The molecule has 0 radical (unpaired) electrons. The van der Waals surface area contributed by atoms with Gasteiger partial charge in [0, 0.05) is 26.6 Å². The van der Waals surface area contributed by atoms with Crippen molar-refractivity contribution >= 4 is 5.97 Å². The summed E-state index contributed by atoms with van der Waals surface area (Å²) < 4.78 is 6.75. The Morgan fingerprint density at radius 3 is 2.88 bits per heavy atom. The second kappa shape index (κ2) is 5.62. The van der Waals surface area contributed by atoms with Crippen LogP contribution in [0.15, 0.2) is 12.4 Å². The number of ether oxygens (including phenoxy) is 1. The molecule has 0 saturated heterocycles. The Kier molecular flexibility index (Phi) is 4.45. The zero-order valence-corrected chi connectivity index (χ0v) is 9.75. The summed E-state index contributed by atoms with van der Waals surface area (Å²) in [6, 6.07) is -0.651. The molecule has 1 aromatic heterocycles. The van der Waals surface area contributed by atoms with E-state index in [0.29, 0.717) is 6.54 Å². The van der Waals surface area contributed by atoms with Crippen LogP contribution in [-0.2, 0) is 23.1 Å². The lowest BCUT2D eigenvalue weighted by molar-refractivity contribution is -0.145. The molecule has 1 N–H and O–H groups in total. The number of rotatable bonds is 6. The van der Waals surface area contributed by atoms with Crippen molar-refractivity contribution in [2.24, 2.45) is 7.05 Å². The Morgan fingerprint density at radius 2 is 2.44 bits per heavy atom. The van der Waals surface area contributed by atoms with Gasteiger partial charge in [-0.1, -0.05) is 0 Å². The smallest absolute Gasteiger partial charge is 0.323 e. The summed E-state index contributed by atoms with van der Waals surface area (Å²) in [6.07, 6.45) is 3.52. The fourth-order valence-corrected chi connectivity index (χ4v) is 1.43. The van der Waals surface area contributed by atoms with Crippen molar-refractivity contribution < 1.29 is 14.6 Å². The molecule has 0 aliphatic rings. The molecule has 0 aromatic carbocycles. The molecule has 90 valence electrons. The molecule has 0 bridgehead atoms. The molecule has 16 heavy (non-hydrogen) atoms. The number of hydrogen-bond acceptors (Lipinski definition) is 4. The summed E-state index contributed by atoms with van der Waals surface area (Å²) in [6.45, 7) is 0.639. The topological polar surface area (TPSA) is 67.6 Å². The maximum Gasteiger partial charge on any atom is 0.323 e. The van der Waals surface area contributed by atoms with Gasteiger partial charge in [-0.05, 0) is 7.05 Å². The van der Waals surface area contributed by atoms with Crippen molar-refractivity contribution in [1.82, 2.24) is 14.5 Å². The fourth-order valence-electron chi connectivity index (χ4n) is 1.43. The van der Waals surface area contributed by atoms with E-state index in [9.17, 15) is 4.79 Å². The van der Waals surface area contributed by atoms with E-state index in [0.717, 1.165) is 5.82 Å². The summed E-state index contributed by atoms with van der Waals surface area (Å²) in [5, 5.41) is 9.02. The maximum atomic E-state index is 11.0. The van der Waals surface area contributed by atoms with Crippen molar-refractivity contribution in [2.75, 3.05) is 20.8 Å². The Balaban J connectivity index is 2.65. The molecule has 0 aliphatic carbocycles. The van der Waals surface area contributed by atoms with Crippen LogP contribution in [0, 0.1) is 0 Å². The predicted molar refractivity (Wildman–Crippen MR) is 58.0 cm³/mol. The molecule has 1 aromatic rings. The molecule has 1 rings (SSSR count). The van der Waals surface area contributed by atoms with Gasteiger partial charge in [-0.15, -0.1) is 0 Å². The number of aliphatic carboxylic acids is 1. The van der Waals surface area contributed by atoms with Crippen LogP contribution in [0.25, 0.3) is 0 Å². The van der Waals surface area contributed by atoms with Crippen molar-refractivity contribution in [3.05, 3.63) is 18.2 Å². The van der Waals surface area contributed by atoms with Crippen molar-refractivity contribution in [3.63, 3.8) is 0 Å². The molecule has 6 nitrogen and oxygen atoms in total. The lowest BCUT2D eigenvalue weighted by Gasteiger charge is -2.23. The Labute approximate surface area is 94.5 Å². The molecular formula is C10H17N3O3. The number of carboxylic acid groups (broad SMARTS) is 1. The van der Waals surface area contributed by atoms with Crippen molar-refractivity contribution in [3.8, 4) is 0 Å². The molecule has 1 heterocycles. The highest BCUT2D eigenvalue weighted by molar-refractivity contribution is 5.73. The highest BCUT2D eigenvalue weighted by atomic mass is 16.5. The van der Waals surface area contributed by atoms with Crippen LogP contribution in [0.1, 0.15) is 5.82 Å². The second-order valence-corrected chi connectivity index (χ2v) is 3.68. The van der Waals surface area contributed by atoms with E-state index in [1.807, 2.05) is 17.8 Å². The first-order valence-electron chi connectivity index (χ1n) is 4.94. The Bertz CT molecular complexity index is 351. The molecule has 0 amide bonds. The van der Waals surface area contributed by atoms with E-state index in [1.165, 1.54) is 7.11 Å². The largest absolute Gasteiger partial charge is 0.480 e. The molecule has 0 spiro atoms. The molecule has 0 aliphatic heterocycles. The van der Waals surface area contributed by atoms with E-state index in [2.05, 4.69) is 4.98 Å². The van der Waals surface area contributed by atoms with Crippen LogP contribution < -0.4 is 0 Å². The number of hydrogen-bond donors (Lipinski definition) is 1. The minimum atomic E-state index is -0.890. The summed E-state index contributed by atoms with van der Waals surface area (Å²) >= 11 is 0. The first-order valence-corrected chi connectivity index (χ1v) is 4.94. The van der Waals surface area contributed by atoms with Gasteiger partial charge in [-0.3, -0.25) is 9.69 Å². The first kappa shape index (κ1) is 12.7. The number of carboxylic acids is 1. The van der Waals surface area contributed by atoms with E-state index in [4.69, 9.17) is 9.84 Å². The SMILES string of the molecule is COCC(C(=O)O)N(C)Cc1nccn1C. The number of imidazole rings is 1. The van der Waals surface area contributed by atoms with Gasteiger partial charge in [0.1, 0.15) is 11.9 Å². The van der Waals surface area contributed by atoms with Crippen LogP contribution in [0.5, 0.6) is 0 Å². The summed E-state index contributed by atoms with van der Waals surface area (Å²) in [5.41, 5.74) is 0. The maximum absolute atomic E-state index is 11.0. The van der Waals surface area contributed by atoms with E-state index < -0.39 is 12.0 Å². The van der Waals surface area contributed by atoms with Gasteiger partial charge in [0.2, 0.25) is 0 Å². The van der Waals surface area contributed by atoms with Crippen molar-refractivity contribution in [1.29, 1.82) is 0 Å². The fraction of sp³-hybridized carbons (Fsp3) is 0.600. The third-order valence-corrected chi connectivity index (χ3v) is 2.45. The van der Waals surface area contributed by atoms with E-state index in [1.54, 1.807) is 18.1 Å². The van der Waals surface area contributed by atoms with Gasteiger partial charge in [-0.2, -0.15) is 0 Å². The van der Waals surface area contributed by atoms with Gasteiger partial charge in [-0.25, -0.2) is 4.98 Å². The molecule has 0 fully saturated rings. The molecule has 6 heteroatoms. The lowest BCUT2D eigenvalue weighted by atomic mass is 10.3. The average molecular weight is 227 g/mol. The zero-order valence-electron chi connectivity index (χ0n) is 9.75. The minimum absolute atomic E-state index is 0.163. The highest BCUT2D eigenvalue weighted by Gasteiger charge is 2.23. The van der Waals surface area contributed by atoms with Crippen LogP contribution in [0.2, 0.25) is 0 Å². The number of likely N-dealkylation sites (N-methyl/N-ethyl adjacent to an activating group) is 1. The van der Waals surface area contributed by atoms with Gasteiger partial charge < -0.3 is 14.4 Å². The average Bonchev–Trinajstić information content (AvgIpc) is 2.60. The highest BCUT2D eigenvalue weighted by Crippen LogP contribution is 2.04. The standard InChI is InChI=1S/C10H17N3O3/c1-12-5-4-11-9(12)6-13(2)8(7-16-3)10(14)15/h4-5,8H,6-7H2,1-3H3,(H,14,15). The number of nitrogens with zero attached hydrogens (tertiary/aromatic N) is 3. The van der Waals surface area contributed by atoms with Crippen LogP contribution in [0.3, 0.4) is 0 Å². The van der Waals surface area contributed by atoms with Gasteiger partial charge in [0.15, 0.2) is 0 Å².